The highest BCUT2D eigenvalue weighted by molar-refractivity contribution is 7.92. The van der Waals surface area contributed by atoms with Crippen molar-refractivity contribution in [1.82, 2.24) is 5.32 Å². The Balaban J connectivity index is 1.63. The highest BCUT2D eigenvalue weighted by Gasteiger charge is 2.30. The number of ether oxygens (including phenoxy) is 1. The van der Waals surface area contributed by atoms with Crippen molar-refractivity contribution < 1.29 is 13.2 Å². The summed E-state index contributed by atoms with van der Waals surface area (Å²) in [4.78, 5) is 0.313. The van der Waals surface area contributed by atoms with Crippen molar-refractivity contribution in [2.24, 2.45) is 0 Å². The van der Waals surface area contributed by atoms with Crippen LogP contribution in [0.4, 0.5) is 5.69 Å². The first-order chi connectivity index (χ1) is 13.6. The standard InChI is InChI=1S/C22H22N2O3S/c1-27-17-12-10-16(11-13-17)14-15-23-22-18-6-2-4-8-20(18)24-28(25,26)21-9-5-3-7-19(21)22/h2-13,22-24H,14-15H2,1H3. The molecule has 2 N–H and O–H groups in total. The molecule has 28 heavy (non-hydrogen) atoms. The van der Waals surface area contributed by atoms with Gasteiger partial charge in [0.2, 0.25) is 0 Å². The third-order valence-electron chi connectivity index (χ3n) is 4.96. The van der Waals surface area contributed by atoms with Gasteiger partial charge in [0.1, 0.15) is 5.75 Å². The van der Waals surface area contributed by atoms with Crippen LogP contribution >= 0.6 is 0 Å². The minimum absolute atomic E-state index is 0.213. The number of rotatable bonds is 5. The molecule has 0 saturated heterocycles. The van der Waals surface area contributed by atoms with Gasteiger partial charge in [0, 0.05) is 6.54 Å². The molecule has 0 aromatic heterocycles. The summed E-state index contributed by atoms with van der Waals surface area (Å²) in [6, 6.07) is 22.5. The van der Waals surface area contributed by atoms with Gasteiger partial charge in [0.25, 0.3) is 10.0 Å². The first-order valence-electron chi connectivity index (χ1n) is 9.15. The van der Waals surface area contributed by atoms with E-state index in [0.717, 1.165) is 23.3 Å². The number of fused-ring (bicyclic) bond motifs is 2. The van der Waals surface area contributed by atoms with Crippen LogP contribution in [0.25, 0.3) is 0 Å². The van der Waals surface area contributed by atoms with E-state index in [1.54, 1.807) is 25.3 Å². The molecule has 1 heterocycles. The summed E-state index contributed by atoms with van der Waals surface area (Å²) in [6.45, 7) is 0.708. The van der Waals surface area contributed by atoms with Gasteiger partial charge in [-0.15, -0.1) is 0 Å². The lowest BCUT2D eigenvalue weighted by Gasteiger charge is -2.20. The van der Waals surface area contributed by atoms with E-state index >= 15 is 0 Å². The minimum atomic E-state index is -3.61. The van der Waals surface area contributed by atoms with Gasteiger partial charge in [-0.2, -0.15) is 0 Å². The van der Waals surface area contributed by atoms with E-state index in [9.17, 15) is 8.42 Å². The first kappa shape index (κ1) is 18.5. The Morgan fingerprint density at radius 1 is 0.929 bits per heavy atom. The molecule has 3 aromatic carbocycles. The Hall–Kier alpha value is -2.83. The van der Waals surface area contributed by atoms with Crippen molar-refractivity contribution in [3.05, 3.63) is 89.5 Å². The van der Waals surface area contributed by atoms with Gasteiger partial charge in [-0.05, 0) is 47.4 Å². The Morgan fingerprint density at radius 2 is 1.61 bits per heavy atom. The van der Waals surface area contributed by atoms with Gasteiger partial charge in [-0.1, -0.05) is 48.5 Å². The molecular formula is C22H22N2O3S. The SMILES string of the molecule is COc1ccc(CCNC2c3ccccc3NS(=O)(=O)c3ccccc32)cc1. The van der Waals surface area contributed by atoms with Crippen molar-refractivity contribution >= 4 is 15.7 Å². The van der Waals surface area contributed by atoms with Gasteiger partial charge in [0.05, 0.1) is 23.7 Å². The lowest BCUT2D eigenvalue weighted by atomic mass is 9.97. The Kier molecular flexibility index (Phi) is 5.07. The fourth-order valence-corrected chi connectivity index (χ4v) is 4.88. The number of para-hydroxylation sites is 1. The third-order valence-corrected chi connectivity index (χ3v) is 6.40. The molecule has 0 saturated carbocycles. The van der Waals surface area contributed by atoms with Crippen molar-refractivity contribution in [3.63, 3.8) is 0 Å². The predicted molar refractivity (Wildman–Crippen MR) is 110 cm³/mol. The van der Waals surface area contributed by atoms with Crippen molar-refractivity contribution in [1.29, 1.82) is 0 Å². The van der Waals surface area contributed by atoms with Crippen molar-refractivity contribution in [2.75, 3.05) is 18.4 Å². The lowest BCUT2D eigenvalue weighted by molar-refractivity contribution is 0.414. The number of nitrogens with one attached hydrogen (secondary N) is 2. The van der Waals surface area contributed by atoms with E-state index in [4.69, 9.17) is 4.74 Å². The average Bonchev–Trinajstić information content (AvgIpc) is 2.81. The number of benzene rings is 3. The van der Waals surface area contributed by atoms with E-state index in [1.807, 2.05) is 54.6 Å². The zero-order valence-corrected chi connectivity index (χ0v) is 16.4. The normalized spacial score (nSPS) is 17.0. The number of hydrogen-bond acceptors (Lipinski definition) is 4. The summed E-state index contributed by atoms with van der Waals surface area (Å²) in [5, 5.41) is 3.55. The Bertz CT molecular complexity index is 1080. The second-order valence-electron chi connectivity index (χ2n) is 6.72. The van der Waals surface area contributed by atoms with E-state index in [2.05, 4.69) is 10.0 Å². The van der Waals surface area contributed by atoms with E-state index in [0.29, 0.717) is 17.1 Å². The Labute approximate surface area is 165 Å². The van der Waals surface area contributed by atoms with Gasteiger partial charge < -0.3 is 10.1 Å². The molecule has 0 radical (unpaired) electrons. The fraction of sp³-hybridized carbons (Fsp3) is 0.182. The van der Waals surface area contributed by atoms with Crippen LogP contribution in [0.15, 0.2) is 77.7 Å². The minimum Gasteiger partial charge on any atom is -0.497 e. The second kappa shape index (κ2) is 7.66. The monoisotopic (exact) mass is 394 g/mol. The molecule has 0 amide bonds. The molecule has 0 fully saturated rings. The van der Waals surface area contributed by atoms with Crippen LogP contribution in [0.1, 0.15) is 22.7 Å². The number of sulfonamides is 1. The molecule has 1 aliphatic heterocycles. The summed E-state index contributed by atoms with van der Waals surface area (Å²) < 4.78 is 33.5. The molecular weight excluding hydrogens is 372 g/mol. The van der Waals surface area contributed by atoms with Crippen LogP contribution in [0.3, 0.4) is 0 Å². The number of anilines is 1. The lowest BCUT2D eigenvalue weighted by Crippen LogP contribution is -2.25. The summed E-state index contributed by atoms with van der Waals surface area (Å²) in [5.41, 5.74) is 3.48. The largest absolute Gasteiger partial charge is 0.497 e. The maximum Gasteiger partial charge on any atom is 0.262 e. The molecule has 0 spiro atoms. The predicted octanol–water partition coefficient (Wildman–Crippen LogP) is 3.73. The quantitative estimate of drug-likeness (QED) is 0.692. The zero-order chi connectivity index (χ0) is 19.6. The van der Waals surface area contributed by atoms with Crippen molar-refractivity contribution in [3.8, 4) is 5.75 Å². The Morgan fingerprint density at radius 3 is 2.36 bits per heavy atom. The third kappa shape index (κ3) is 3.61. The van der Waals surface area contributed by atoms with Gasteiger partial charge in [-0.25, -0.2) is 8.42 Å². The van der Waals surface area contributed by atoms with E-state index < -0.39 is 10.0 Å². The highest BCUT2D eigenvalue weighted by Crippen LogP contribution is 2.36. The molecule has 5 nitrogen and oxygen atoms in total. The fourth-order valence-electron chi connectivity index (χ4n) is 3.55. The zero-order valence-electron chi connectivity index (χ0n) is 15.6. The molecule has 6 heteroatoms. The maximum absolute atomic E-state index is 12.8. The average molecular weight is 394 g/mol. The first-order valence-corrected chi connectivity index (χ1v) is 10.6. The van der Waals surface area contributed by atoms with Crippen LogP contribution < -0.4 is 14.8 Å². The molecule has 0 bridgehead atoms. The van der Waals surface area contributed by atoms with Crippen LogP contribution in [-0.4, -0.2) is 22.1 Å². The van der Waals surface area contributed by atoms with E-state index in [-0.39, 0.29) is 6.04 Å². The summed E-state index contributed by atoms with van der Waals surface area (Å²) in [7, 11) is -1.96. The summed E-state index contributed by atoms with van der Waals surface area (Å²) >= 11 is 0. The summed E-state index contributed by atoms with van der Waals surface area (Å²) in [5.74, 6) is 0.833. The van der Waals surface area contributed by atoms with Gasteiger partial charge in [-0.3, -0.25) is 4.72 Å². The number of methoxy groups -OCH3 is 1. The smallest absolute Gasteiger partial charge is 0.262 e. The molecule has 3 aromatic rings. The van der Waals surface area contributed by atoms with Crippen molar-refractivity contribution in [2.45, 2.75) is 17.4 Å². The molecule has 0 aliphatic carbocycles. The second-order valence-corrected chi connectivity index (χ2v) is 8.37. The molecule has 1 aliphatic rings. The molecule has 4 rings (SSSR count). The van der Waals surface area contributed by atoms with Crippen LogP contribution in [-0.2, 0) is 16.4 Å². The van der Waals surface area contributed by atoms with Crippen LogP contribution in [0.2, 0.25) is 0 Å². The molecule has 144 valence electrons. The highest BCUT2D eigenvalue weighted by atomic mass is 32.2. The van der Waals surface area contributed by atoms with Gasteiger partial charge >= 0.3 is 0 Å². The van der Waals surface area contributed by atoms with E-state index in [1.165, 1.54) is 5.56 Å². The number of hydrogen-bond donors (Lipinski definition) is 2. The van der Waals surface area contributed by atoms with Crippen LogP contribution in [0.5, 0.6) is 5.75 Å². The molecule has 1 unspecified atom stereocenters. The van der Waals surface area contributed by atoms with Crippen LogP contribution in [0, 0.1) is 0 Å². The topological polar surface area (TPSA) is 67.4 Å². The van der Waals surface area contributed by atoms with Gasteiger partial charge in [0.15, 0.2) is 0 Å². The summed E-state index contributed by atoms with van der Waals surface area (Å²) in [6.07, 6.45) is 0.824. The molecule has 1 atom stereocenters. The maximum atomic E-state index is 12.8.